The third-order valence-electron chi connectivity index (χ3n) is 2.84. The molecule has 20 heavy (non-hydrogen) atoms. The van der Waals surface area contributed by atoms with Crippen molar-refractivity contribution in [2.24, 2.45) is 0 Å². The average Bonchev–Trinajstić information content (AvgIpc) is 2.98. The largest absolute Gasteiger partial charge is 0.494 e. The van der Waals surface area contributed by atoms with Gasteiger partial charge >= 0.3 is 0 Å². The van der Waals surface area contributed by atoms with Crippen LogP contribution in [0.5, 0.6) is 5.75 Å². The standard InChI is InChI=1S/C15H19N3O2/c1-2-20-14-7-5-13(6-8-14)15(19)16-9-3-11-18-12-4-10-17-18/h4-8,10,12H,2-3,9,11H2,1H3,(H,16,19). The molecule has 0 aliphatic rings. The number of nitrogens with zero attached hydrogens (tertiary/aromatic N) is 2. The number of aryl methyl sites for hydroxylation is 1. The van der Waals surface area contributed by atoms with Crippen LogP contribution in [0.4, 0.5) is 0 Å². The topological polar surface area (TPSA) is 56.1 Å². The average molecular weight is 273 g/mol. The van der Waals surface area contributed by atoms with E-state index in [1.165, 1.54) is 0 Å². The highest BCUT2D eigenvalue weighted by Gasteiger charge is 2.04. The fraction of sp³-hybridized carbons (Fsp3) is 0.333. The Bertz CT molecular complexity index is 521. The number of carbonyl (C=O) groups is 1. The summed E-state index contributed by atoms with van der Waals surface area (Å²) in [6.07, 6.45) is 4.51. The number of benzene rings is 1. The lowest BCUT2D eigenvalue weighted by Crippen LogP contribution is -2.25. The summed E-state index contributed by atoms with van der Waals surface area (Å²) >= 11 is 0. The highest BCUT2D eigenvalue weighted by Crippen LogP contribution is 2.11. The fourth-order valence-corrected chi connectivity index (χ4v) is 1.85. The summed E-state index contributed by atoms with van der Waals surface area (Å²) in [5, 5.41) is 7.00. The van der Waals surface area contributed by atoms with E-state index in [-0.39, 0.29) is 5.91 Å². The molecular formula is C15H19N3O2. The van der Waals surface area contributed by atoms with Crippen molar-refractivity contribution in [1.82, 2.24) is 15.1 Å². The molecule has 0 saturated heterocycles. The highest BCUT2D eigenvalue weighted by atomic mass is 16.5. The third kappa shape index (κ3) is 4.12. The fourth-order valence-electron chi connectivity index (χ4n) is 1.85. The van der Waals surface area contributed by atoms with Gasteiger partial charge in [-0.15, -0.1) is 0 Å². The quantitative estimate of drug-likeness (QED) is 0.786. The predicted octanol–water partition coefficient (Wildman–Crippen LogP) is 2.10. The SMILES string of the molecule is CCOc1ccc(C(=O)NCCCn2cccn2)cc1. The van der Waals surface area contributed by atoms with Gasteiger partial charge in [0.15, 0.2) is 0 Å². The number of aromatic nitrogens is 2. The minimum Gasteiger partial charge on any atom is -0.494 e. The lowest BCUT2D eigenvalue weighted by Gasteiger charge is -2.07. The van der Waals surface area contributed by atoms with Gasteiger partial charge in [-0.25, -0.2) is 0 Å². The number of hydrogen-bond donors (Lipinski definition) is 1. The van der Waals surface area contributed by atoms with Crippen LogP contribution in [-0.2, 0) is 6.54 Å². The maximum atomic E-state index is 11.9. The van der Waals surface area contributed by atoms with E-state index < -0.39 is 0 Å². The van der Waals surface area contributed by atoms with Crippen LogP contribution in [0.3, 0.4) is 0 Å². The Kier molecular flexibility index (Phi) is 5.17. The summed E-state index contributed by atoms with van der Waals surface area (Å²) in [6, 6.07) is 9.05. The van der Waals surface area contributed by atoms with Crippen molar-refractivity contribution < 1.29 is 9.53 Å². The second-order valence-electron chi connectivity index (χ2n) is 4.34. The molecule has 1 aromatic carbocycles. The lowest BCUT2D eigenvalue weighted by atomic mass is 10.2. The van der Waals surface area contributed by atoms with Crippen LogP contribution >= 0.6 is 0 Å². The maximum Gasteiger partial charge on any atom is 0.251 e. The molecule has 1 amide bonds. The molecule has 2 aromatic rings. The zero-order valence-corrected chi connectivity index (χ0v) is 11.6. The van der Waals surface area contributed by atoms with Crippen LogP contribution in [0, 0.1) is 0 Å². The molecule has 1 aromatic heterocycles. The Morgan fingerprint density at radius 1 is 1.35 bits per heavy atom. The van der Waals surface area contributed by atoms with E-state index in [4.69, 9.17) is 4.74 Å². The van der Waals surface area contributed by atoms with Crippen LogP contribution in [0.15, 0.2) is 42.7 Å². The van der Waals surface area contributed by atoms with Crippen molar-refractivity contribution in [2.75, 3.05) is 13.2 Å². The van der Waals surface area contributed by atoms with Crippen molar-refractivity contribution >= 4 is 5.91 Å². The Balaban J connectivity index is 1.73. The molecule has 0 aliphatic heterocycles. The van der Waals surface area contributed by atoms with Crippen LogP contribution in [0.2, 0.25) is 0 Å². The summed E-state index contributed by atoms with van der Waals surface area (Å²) in [7, 11) is 0. The number of carbonyl (C=O) groups excluding carboxylic acids is 1. The zero-order chi connectivity index (χ0) is 14.2. The summed E-state index contributed by atoms with van der Waals surface area (Å²) in [4.78, 5) is 11.9. The van der Waals surface area contributed by atoms with Crippen molar-refractivity contribution in [2.45, 2.75) is 19.9 Å². The number of ether oxygens (including phenoxy) is 1. The van der Waals surface area contributed by atoms with E-state index in [9.17, 15) is 4.79 Å². The third-order valence-corrected chi connectivity index (χ3v) is 2.84. The monoisotopic (exact) mass is 273 g/mol. The number of amides is 1. The number of rotatable bonds is 7. The second kappa shape index (κ2) is 7.33. The first-order valence-electron chi connectivity index (χ1n) is 6.78. The Morgan fingerprint density at radius 2 is 2.15 bits per heavy atom. The van der Waals surface area contributed by atoms with E-state index in [1.807, 2.05) is 36.0 Å². The van der Waals surface area contributed by atoms with Crippen molar-refractivity contribution in [3.8, 4) is 5.75 Å². The lowest BCUT2D eigenvalue weighted by molar-refractivity contribution is 0.0952. The van der Waals surface area contributed by atoms with Gasteiger partial charge in [-0.2, -0.15) is 5.10 Å². The van der Waals surface area contributed by atoms with E-state index in [2.05, 4.69) is 10.4 Å². The first kappa shape index (κ1) is 14.1. The molecule has 0 spiro atoms. The van der Waals surface area contributed by atoms with Gasteiger partial charge in [0, 0.05) is 31.0 Å². The molecule has 0 saturated carbocycles. The summed E-state index contributed by atoms with van der Waals surface area (Å²) in [5.74, 6) is 0.719. The van der Waals surface area contributed by atoms with Crippen LogP contribution in [-0.4, -0.2) is 28.8 Å². The summed E-state index contributed by atoms with van der Waals surface area (Å²) < 4.78 is 7.19. The zero-order valence-electron chi connectivity index (χ0n) is 11.6. The summed E-state index contributed by atoms with van der Waals surface area (Å²) in [5.41, 5.74) is 0.646. The minimum absolute atomic E-state index is 0.0616. The Labute approximate surface area is 118 Å². The maximum absolute atomic E-state index is 11.9. The van der Waals surface area contributed by atoms with Crippen LogP contribution in [0.1, 0.15) is 23.7 Å². The first-order chi connectivity index (χ1) is 9.79. The highest BCUT2D eigenvalue weighted by molar-refractivity contribution is 5.94. The number of nitrogens with one attached hydrogen (secondary N) is 1. The molecule has 0 radical (unpaired) electrons. The Hall–Kier alpha value is -2.30. The van der Waals surface area contributed by atoms with Gasteiger partial charge in [0.25, 0.3) is 5.91 Å². The van der Waals surface area contributed by atoms with E-state index in [0.717, 1.165) is 18.7 Å². The first-order valence-corrected chi connectivity index (χ1v) is 6.78. The van der Waals surface area contributed by atoms with Gasteiger partial charge in [0.05, 0.1) is 6.61 Å². The number of hydrogen-bond acceptors (Lipinski definition) is 3. The minimum atomic E-state index is -0.0616. The van der Waals surface area contributed by atoms with Crippen LogP contribution in [0.25, 0.3) is 0 Å². The second-order valence-corrected chi connectivity index (χ2v) is 4.34. The van der Waals surface area contributed by atoms with Gasteiger partial charge in [0.1, 0.15) is 5.75 Å². The van der Waals surface area contributed by atoms with Crippen molar-refractivity contribution in [3.05, 3.63) is 48.3 Å². The molecule has 0 atom stereocenters. The Morgan fingerprint density at radius 3 is 2.80 bits per heavy atom. The molecule has 1 heterocycles. The van der Waals surface area contributed by atoms with Gasteiger partial charge < -0.3 is 10.1 Å². The molecule has 1 N–H and O–H groups in total. The molecule has 5 nitrogen and oxygen atoms in total. The van der Waals surface area contributed by atoms with Crippen molar-refractivity contribution in [1.29, 1.82) is 0 Å². The van der Waals surface area contributed by atoms with E-state index >= 15 is 0 Å². The molecule has 2 rings (SSSR count). The summed E-state index contributed by atoms with van der Waals surface area (Å²) in [6.45, 7) is 3.99. The van der Waals surface area contributed by atoms with E-state index in [0.29, 0.717) is 18.7 Å². The van der Waals surface area contributed by atoms with Crippen molar-refractivity contribution in [3.63, 3.8) is 0 Å². The van der Waals surface area contributed by atoms with Gasteiger partial charge in [-0.3, -0.25) is 9.48 Å². The van der Waals surface area contributed by atoms with Gasteiger partial charge in [-0.1, -0.05) is 0 Å². The molecule has 0 aliphatic carbocycles. The molecule has 0 bridgehead atoms. The van der Waals surface area contributed by atoms with Crippen LogP contribution < -0.4 is 10.1 Å². The molecule has 0 unspecified atom stereocenters. The normalized spacial score (nSPS) is 10.2. The molecule has 5 heteroatoms. The molecule has 0 fully saturated rings. The van der Waals surface area contributed by atoms with Gasteiger partial charge in [-0.05, 0) is 43.7 Å². The molecule has 106 valence electrons. The predicted molar refractivity (Wildman–Crippen MR) is 76.8 cm³/mol. The smallest absolute Gasteiger partial charge is 0.251 e. The van der Waals surface area contributed by atoms with Gasteiger partial charge in [0.2, 0.25) is 0 Å². The molecular weight excluding hydrogens is 254 g/mol. The van der Waals surface area contributed by atoms with E-state index in [1.54, 1.807) is 18.3 Å².